The van der Waals surface area contributed by atoms with Crippen LogP contribution >= 0.6 is 0 Å². The molecule has 2 unspecified atom stereocenters. The number of nitrogens with zero attached hydrogens (tertiary/aromatic N) is 1. The summed E-state index contributed by atoms with van der Waals surface area (Å²) in [6.07, 6.45) is 2.71. The van der Waals surface area contributed by atoms with Crippen LogP contribution in [0, 0.1) is 13.8 Å². The largest absolute Gasteiger partial charge is 0.309 e. The van der Waals surface area contributed by atoms with Crippen LogP contribution in [0.25, 0.3) is 0 Å². The minimum absolute atomic E-state index is 0.443. The maximum atomic E-state index is 3.72. The predicted molar refractivity (Wildman–Crippen MR) is 82.6 cm³/mol. The van der Waals surface area contributed by atoms with Crippen LogP contribution < -0.4 is 5.32 Å². The van der Waals surface area contributed by atoms with E-state index in [0.717, 1.165) is 12.6 Å². The highest BCUT2D eigenvalue weighted by Gasteiger charge is 2.23. The summed E-state index contributed by atoms with van der Waals surface area (Å²) in [6.45, 7) is 12.5. The first-order valence-corrected chi connectivity index (χ1v) is 7.65. The van der Waals surface area contributed by atoms with Gasteiger partial charge in [-0.05, 0) is 52.3 Å². The molecule has 0 aliphatic carbocycles. The standard InChI is InChI=1S/C17H28N2/c1-5-19-8-6-7-17(19)12-18-15(4)16-10-13(2)9-14(3)11-16/h9-11,15,17-18H,5-8,12H2,1-4H3. The van der Waals surface area contributed by atoms with Crippen molar-refractivity contribution >= 4 is 0 Å². The molecule has 1 aromatic carbocycles. The van der Waals surface area contributed by atoms with Crippen molar-refractivity contribution in [3.63, 3.8) is 0 Å². The Bertz CT molecular complexity index is 393. The molecule has 106 valence electrons. The van der Waals surface area contributed by atoms with Crippen molar-refractivity contribution in [2.75, 3.05) is 19.6 Å². The molecule has 0 radical (unpaired) electrons. The van der Waals surface area contributed by atoms with Gasteiger partial charge in [0.15, 0.2) is 0 Å². The van der Waals surface area contributed by atoms with Crippen molar-refractivity contribution in [1.29, 1.82) is 0 Å². The van der Waals surface area contributed by atoms with E-state index in [1.165, 1.54) is 42.6 Å². The van der Waals surface area contributed by atoms with Crippen molar-refractivity contribution < 1.29 is 0 Å². The van der Waals surface area contributed by atoms with Crippen LogP contribution in [0.15, 0.2) is 18.2 Å². The minimum Gasteiger partial charge on any atom is -0.309 e. The van der Waals surface area contributed by atoms with Crippen molar-refractivity contribution in [3.8, 4) is 0 Å². The van der Waals surface area contributed by atoms with Gasteiger partial charge in [-0.1, -0.05) is 36.2 Å². The van der Waals surface area contributed by atoms with Gasteiger partial charge in [0.1, 0.15) is 0 Å². The lowest BCUT2D eigenvalue weighted by Gasteiger charge is -2.25. The van der Waals surface area contributed by atoms with Gasteiger partial charge in [-0.3, -0.25) is 4.90 Å². The third kappa shape index (κ3) is 3.80. The van der Waals surface area contributed by atoms with E-state index in [-0.39, 0.29) is 0 Å². The number of hydrogen-bond acceptors (Lipinski definition) is 2. The third-order valence-corrected chi connectivity index (χ3v) is 4.31. The fourth-order valence-corrected chi connectivity index (χ4v) is 3.23. The maximum Gasteiger partial charge on any atom is 0.0292 e. The monoisotopic (exact) mass is 260 g/mol. The number of benzene rings is 1. The Hall–Kier alpha value is -0.860. The van der Waals surface area contributed by atoms with Crippen molar-refractivity contribution in [1.82, 2.24) is 10.2 Å². The molecule has 2 rings (SSSR count). The lowest BCUT2D eigenvalue weighted by atomic mass is 10.0. The van der Waals surface area contributed by atoms with Crippen LogP contribution in [-0.2, 0) is 0 Å². The molecule has 1 N–H and O–H groups in total. The molecule has 2 heteroatoms. The Kier molecular flexibility index (Phi) is 5.00. The van der Waals surface area contributed by atoms with Gasteiger partial charge in [0, 0.05) is 18.6 Å². The van der Waals surface area contributed by atoms with Crippen molar-refractivity contribution in [3.05, 3.63) is 34.9 Å². The molecule has 2 nitrogen and oxygen atoms in total. The number of nitrogens with one attached hydrogen (secondary N) is 1. The molecule has 1 aliphatic heterocycles. The first-order chi connectivity index (χ1) is 9.10. The maximum absolute atomic E-state index is 3.72. The van der Waals surface area contributed by atoms with Crippen LogP contribution in [0.3, 0.4) is 0 Å². The van der Waals surface area contributed by atoms with E-state index in [4.69, 9.17) is 0 Å². The number of rotatable bonds is 5. The molecule has 1 heterocycles. The number of hydrogen-bond donors (Lipinski definition) is 1. The zero-order valence-corrected chi connectivity index (χ0v) is 12.9. The smallest absolute Gasteiger partial charge is 0.0292 e. The Morgan fingerprint density at radius 2 is 1.95 bits per heavy atom. The Balaban J connectivity index is 1.91. The summed E-state index contributed by atoms with van der Waals surface area (Å²) in [5, 5.41) is 3.72. The summed E-state index contributed by atoms with van der Waals surface area (Å²) >= 11 is 0. The van der Waals surface area contributed by atoms with E-state index in [9.17, 15) is 0 Å². The van der Waals surface area contributed by atoms with Gasteiger partial charge in [-0.15, -0.1) is 0 Å². The summed E-state index contributed by atoms with van der Waals surface area (Å²) in [5.74, 6) is 0. The Morgan fingerprint density at radius 1 is 1.26 bits per heavy atom. The van der Waals surface area contributed by atoms with E-state index in [2.05, 4.69) is 56.1 Å². The second-order valence-electron chi connectivity index (χ2n) is 5.98. The molecule has 0 spiro atoms. The summed E-state index contributed by atoms with van der Waals surface area (Å²) < 4.78 is 0. The fourth-order valence-electron chi connectivity index (χ4n) is 3.23. The van der Waals surface area contributed by atoms with Crippen LogP contribution in [0.4, 0.5) is 0 Å². The topological polar surface area (TPSA) is 15.3 Å². The Morgan fingerprint density at radius 3 is 2.58 bits per heavy atom. The van der Waals surface area contributed by atoms with E-state index >= 15 is 0 Å². The summed E-state index contributed by atoms with van der Waals surface area (Å²) in [7, 11) is 0. The van der Waals surface area contributed by atoms with Gasteiger partial charge in [0.25, 0.3) is 0 Å². The lowest BCUT2D eigenvalue weighted by molar-refractivity contribution is 0.255. The molecule has 1 saturated heterocycles. The van der Waals surface area contributed by atoms with Crippen LogP contribution in [0.2, 0.25) is 0 Å². The van der Waals surface area contributed by atoms with E-state index < -0.39 is 0 Å². The summed E-state index contributed by atoms with van der Waals surface area (Å²) in [6, 6.07) is 8.02. The number of aryl methyl sites for hydroxylation is 2. The van der Waals surface area contributed by atoms with Crippen LogP contribution in [-0.4, -0.2) is 30.6 Å². The van der Waals surface area contributed by atoms with Crippen LogP contribution in [0.5, 0.6) is 0 Å². The van der Waals surface area contributed by atoms with Gasteiger partial charge in [0.2, 0.25) is 0 Å². The number of likely N-dealkylation sites (tertiary alicyclic amines) is 1. The lowest BCUT2D eigenvalue weighted by Crippen LogP contribution is -2.38. The SMILES string of the molecule is CCN1CCCC1CNC(C)c1cc(C)cc(C)c1. The molecule has 0 amide bonds. The van der Waals surface area contributed by atoms with Gasteiger partial charge < -0.3 is 5.32 Å². The van der Waals surface area contributed by atoms with Crippen molar-refractivity contribution in [2.45, 2.75) is 52.6 Å². The fraction of sp³-hybridized carbons (Fsp3) is 0.647. The summed E-state index contributed by atoms with van der Waals surface area (Å²) in [4.78, 5) is 2.60. The van der Waals surface area contributed by atoms with Crippen molar-refractivity contribution in [2.24, 2.45) is 0 Å². The average molecular weight is 260 g/mol. The normalized spacial score (nSPS) is 21.8. The minimum atomic E-state index is 0.443. The highest BCUT2D eigenvalue weighted by atomic mass is 15.2. The molecule has 2 atom stereocenters. The summed E-state index contributed by atoms with van der Waals surface area (Å²) in [5.41, 5.74) is 4.14. The highest BCUT2D eigenvalue weighted by Crippen LogP contribution is 2.19. The first kappa shape index (κ1) is 14.5. The first-order valence-electron chi connectivity index (χ1n) is 7.65. The average Bonchev–Trinajstić information content (AvgIpc) is 2.82. The van der Waals surface area contributed by atoms with Gasteiger partial charge in [-0.25, -0.2) is 0 Å². The van der Waals surface area contributed by atoms with Gasteiger partial charge in [-0.2, -0.15) is 0 Å². The highest BCUT2D eigenvalue weighted by molar-refractivity contribution is 5.30. The molecule has 1 fully saturated rings. The molecule has 1 aromatic rings. The van der Waals surface area contributed by atoms with Gasteiger partial charge in [0.05, 0.1) is 0 Å². The van der Waals surface area contributed by atoms with E-state index in [1.54, 1.807) is 0 Å². The molecular formula is C17H28N2. The molecular weight excluding hydrogens is 232 g/mol. The van der Waals surface area contributed by atoms with E-state index in [1.807, 2.05) is 0 Å². The Labute approximate surface area is 118 Å². The molecule has 0 bridgehead atoms. The molecule has 1 aliphatic rings. The number of likely N-dealkylation sites (N-methyl/N-ethyl adjacent to an activating group) is 1. The predicted octanol–water partition coefficient (Wildman–Crippen LogP) is 3.44. The third-order valence-electron chi connectivity index (χ3n) is 4.31. The van der Waals surface area contributed by atoms with Crippen LogP contribution in [0.1, 0.15) is 49.4 Å². The molecule has 0 aromatic heterocycles. The molecule has 19 heavy (non-hydrogen) atoms. The zero-order chi connectivity index (χ0) is 13.8. The molecule has 0 saturated carbocycles. The quantitative estimate of drug-likeness (QED) is 0.872. The zero-order valence-electron chi connectivity index (χ0n) is 12.9. The van der Waals surface area contributed by atoms with E-state index in [0.29, 0.717) is 6.04 Å². The second-order valence-corrected chi connectivity index (χ2v) is 5.98. The van der Waals surface area contributed by atoms with Gasteiger partial charge >= 0.3 is 0 Å². The second kappa shape index (κ2) is 6.53.